The monoisotopic (exact) mass is 946 g/mol. The molecule has 2 aliphatic heterocycles. The van der Waals surface area contributed by atoms with Crippen LogP contribution in [0.2, 0.25) is 0 Å². The number of halogens is 1. The van der Waals surface area contributed by atoms with Crippen LogP contribution in [0.25, 0.3) is 0 Å². The number of fused-ring (bicyclic) bond motifs is 5. The number of sulfone groups is 1. The van der Waals surface area contributed by atoms with E-state index in [2.05, 4.69) is 20.5 Å². The molecule has 3 heterocycles. The van der Waals surface area contributed by atoms with Crippen LogP contribution in [0.1, 0.15) is 111 Å². The van der Waals surface area contributed by atoms with E-state index in [1.807, 2.05) is 39.6 Å². The largest absolute Gasteiger partial charge is 0.462 e. The van der Waals surface area contributed by atoms with Gasteiger partial charge >= 0.3 is 5.97 Å². The SMILES string of the molecule is CC(=O)/N=C1\[C@H](C)C[C@@]2(C)CC/C(=N/O)CC[C@H]([C@H]1C)[C@](C)(O)COC(=O)[C@H](C)C(=O)[C@H](C)[C@H]2O[C@@H]1O[C@H](C)C[C@H](N(C)CCc2cn([C@H](CF)Cc3ccc(S(C)(=O)=O)cc3)nn2)[C@H]1O. The van der Waals surface area contributed by atoms with Crippen molar-refractivity contribution in [3.8, 4) is 0 Å². The summed E-state index contributed by atoms with van der Waals surface area (Å²) in [6, 6.07) is 5.18. The summed E-state index contributed by atoms with van der Waals surface area (Å²) >= 11 is 0. The molecule has 0 radical (unpaired) electrons. The number of hydrogen-bond donors (Lipinski definition) is 3. The number of esters is 1. The Bertz CT molecular complexity index is 2180. The zero-order valence-corrected chi connectivity index (χ0v) is 40.9. The van der Waals surface area contributed by atoms with Gasteiger partial charge in [0.25, 0.3) is 0 Å². The van der Waals surface area contributed by atoms with Crippen LogP contribution < -0.4 is 0 Å². The fraction of sp³-hybridized carbons (Fsp3) is 0.723. The second-order valence-corrected chi connectivity index (χ2v) is 21.8. The first-order valence-electron chi connectivity index (χ1n) is 23.1. The number of Topliss-reactive ketones (excluding diaryl/α,β-unsaturated/α-hetero) is 1. The molecule has 13 atom stereocenters. The van der Waals surface area contributed by atoms with Gasteiger partial charge in [0.05, 0.1) is 40.2 Å². The third-order valence-corrected chi connectivity index (χ3v) is 15.4. The smallest absolute Gasteiger partial charge is 0.316 e. The molecule has 1 saturated carbocycles. The van der Waals surface area contributed by atoms with Crippen LogP contribution in [0, 0.1) is 35.0 Å². The van der Waals surface area contributed by atoms with E-state index in [9.17, 15) is 42.6 Å². The Morgan fingerprint density at radius 2 is 1.79 bits per heavy atom. The highest BCUT2D eigenvalue weighted by atomic mass is 32.2. The molecule has 1 aliphatic carbocycles. The van der Waals surface area contributed by atoms with E-state index in [-0.39, 0.29) is 23.7 Å². The van der Waals surface area contributed by atoms with Crippen molar-refractivity contribution in [1.29, 1.82) is 0 Å². The predicted octanol–water partition coefficient (Wildman–Crippen LogP) is 4.98. The summed E-state index contributed by atoms with van der Waals surface area (Å²) in [5.41, 5.74) is -0.171. The second-order valence-electron chi connectivity index (χ2n) is 19.8. The van der Waals surface area contributed by atoms with Gasteiger partial charge in [-0.05, 0) is 108 Å². The van der Waals surface area contributed by atoms with Gasteiger partial charge in [0.15, 0.2) is 21.9 Å². The molecule has 66 heavy (non-hydrogen) atoms. The van der Waals surface area contributed by atoms with Crippen molar-refractivity contribution in [3.05, 3.63) is 41.7 Å². The average Bonchev–Trinajstić information content (AvgIpc) is 3.73. The normalized spacial score (nSPS) is 34.9. The van der Waals surface area contributed by atoms with Crippen molar-refractivity contribution in [2.75, 3.05) is 33.1 Å². The number of hydrogen-bond acceptors (Lipinski definition) is 15. The number of ether oxygens (including phenoxy) is 3. The molecule has 3 N–H and O–H groups in total. The molecule has 17 nitrogen and oxygen atoms in total. The minimum atomic E-state index is -3.37. The van der Waals surface area contributed by atoms with Crippen molar-refractivity contribution < 1.29 is 56.8 Å². The maximum Gasteiger partial charge on any atom is 0.316 e. The van der Waals surface area contributed by atoms with Crippen LogP contribution in [0.5, 0.6) is 0 Å². The number of aliphatic imine (C=N–C) groups is 1. The van der Waals surface area contributed by atoms with E-state index < -0.39 is 112 Å². The molecule has 1 aromatic carbocycles. The quantitative estimate of drug-likeness (QED) is 0.117. The molecule has 19 heteroatoms. The number of nitrogens with zero attached hydrogens (tertiary/aromatic N) is 6. The topological polar surface area (TPSA) is 232 Å². The van der Waals surface area contributed by atoms with Crippen LogP contribution in [0.15, 0.2) is 45.5 Å². The Hall–Kier alpha value is -4.01. The first-order valence-corrected chi connectivity index (χ1v) is 24.9. The van der Waals surface area contributed by atoms with Crippen molar-refractivity contribution in [2.24, 2.45) is 45.2 Å². The van der Waals surface area contributed by atoms with E-state index in [4.69, 9.17) is 14.2 Å². The van der Waals surface area contributed by atoms with Crippen LogP contribution >= 0.6 is 0 Å². The predicted molar refractivity (Wildman–Crippen MR) is 244 cm³/mol. The number of oxime groups is 1. The number of aliphatic hydroxyl groups is 2. The van der Waals surface area contributed by atoms with E-state index in [1.54, 1.807) is 32.2 Å². The summed E-state index contributed by atoms with van der Waals surface area (Å²) in [5.74, 6) is -5.32. The van der Waals surface area contributed by atoms with Gasteiger partial charge in [-0.2, -0.15) is 0 Å². The van der Waals surface area contributed by atoms with Gasteiger partial charge in [-0.1, -0.05) is 50.2 Å². The molecular weight excluding hydrogens is 876 g/mol. The van der Waals surface area contributed by atoms with Crippen molar-refractivity contribution in [1.82, 2.24) is 19.9 Å². The van der Waals surface area contributed by atoms with Crippen molar-refractivity contribution in [2.45, 2.75) is 154 Å². The molecule has 0 unspecified atom stereocenters. The Kier molecular flexibility index (Phi) is 17.6. The van der Waals surface area contributed by atoms with Gasteiger partial charge < -0.3 is 34.5 Å². The van der Waals surface area contributed by atoms with Gasteiger partial charge in [0.1, 0.15) is 25.3 Å². The van der Waals surface area contributed by atoms with E-state index >= 15 is 0 Å². The number of carbonyl (C=O) groups is 3. The van der Waals surface area contributed by atoms with Crippen LogP contribution in [0.4, 0.5) is 4.39 Å². The number of aromatic nitrogens is 3. The van der Waals surface area contributed by atoms with Gasteiger partial charge in [-0.15, -0.1) is 5.10 Å². The molecule has 2 bridgehead atoms. The number of cyclic esters (lactones) is 1. The van der Waals surface area contributed by atoms with Gasteiger partial charge in [0, 0.05) is 55.9 Å². The van der Waals surface area contributed by atoms with E-state index in [0.29, 0.717) is 62.2 Å². The fourth-order valence-corrected chi connectivity index (χ4v) is 11.1. The van der Waals surface area contributed by atoms with Crippen LogP contribution in [-0.4, -0.2) is 142 Å². The van der Waals surface area contributed by atoms with Crippen LogP contribution in [0.3, 0.4) is 0 Å². The third kappa shape index (κ3) is 12.7. The molecule has 3 aliphatic rings. The van der Waals surface area contributed by atoms with E-state index in [0.717, 1.165) is 11.8 Å². The Labute approximate surface area is 388 Å². The number of carbonyl (C=O) groups excluding carboxylic acids is 3. The Morgan fingerprint density at radius 3 is 2.41 bits per heavy atom. The summed E-state index contributed by atoms with van der Waals surface area (Å²) in [7, 11) is -1.50. The summed E-state index contributed by atoms with van der Waals surface area (Å²) in [6.45, 7) is 13.0. The fourth-order valence-electron chi connectivity index (χ4n) is 10.4. The number of ketones is 1. The average molecular weight is 947 g/mol. The molecule has 3 fully saturated rings. The molecule has 2 saturated heterocycles. The third-order valence-electron chi connectivity index (χ3n) is 14.3. The molecule has 1 aromatic heterocycles. The summed E-state index contributed by atoms with van der Waals surface area (Å²) in [4.78, 5) is 47.4. The minimum Gasteiger partial charge on any atom is -0.462 e. The molecule has 2 aromatic rings. The number of rotatable bonds is 11. The Balaban J connectivity index is 1.42. The lowest BCUT2D eigenvalue weighted by Gasteiger charge is -2.48. The zero-order valence-electron chi connectivity index (χ0n) is 40.1. The highest BCUT2D eigenvalue weighted by Gasteiger charge is 2.50. The van der Waals surface area contributed by atoms with Gasteiger partial charge in [0.2, 0.25) is 5.91 Å². The number of amides is 1. The number of alkyl halides is 1. The summed E-state index contributed by atoms with van der Waals surface area (Å²) < 4.78 is 58.6. The van der Waals surface area contributed by atoms with Crippen molar-refractivity contribution >= 4 is 38.9 Å². The minimum absolute atomic E-state index is 0.180. The number of benzene rings is 1. The summed E-state index contributed by atoms with van der Waals surface area (Å²) in [5, 5.41) is 46.5. The highest BCUT2D eigenvalue weighted by molar-refractivity contribution is 7.90. The molecular formula is C47H71FN6O11S. The zero-order chi connectivity index (χ0) is 48.9. The van der Waals surface area contributed by atoms with Gasteiger partial charge in [-0.25, -0.2) is 22.5 Å². The lowest BCUT2D eigenvalue weighted by atomic mass is 9.66. The van der Waals surface area contributed by atoms with E-state index in [1.165, 1.54) is 30.7 Å². The lowest BCUT2D eigenvalue weighted by Crippen LogP contribution is -2.58. The second kappa shape index (κ2) is 22.0. The standard InChI is InChI=1S/C47H71FN6O11S/c1-27-23-46(7)19-17-34(51-60)13-16-38(29(3)40(27)49-32(6)55)47(8,59)26-63-44(58)31(5)41(56)30(4)43(46)65-45-42(57)39(21-28(2)64-45)53(9)20-18-35-25-54(52-50-35)36(24-48)22-33-11-14-37(15-12-33)66(10,61)62/h11-12,14-15,25,27-31,36,38-39,42-43,45,57,59-60H,13,16-24,26H2,1-10H3/b49-40+,51-34+/t27-,28-,29-,30+,31-,36+,38-,39+,42-,43-,45+,46-,47-/m1/s1. The highest BCUT2D eigenvalue weighted by Crippen LogP contribution is 2.46. The van der Waals surface area contributed by atoms with Crippen molar-refractivity contribution in [3.63, 3.8) is 0 Å². The Morgan fingerprint density at radius 1 is 1.11 bits per heavy atom. The maximum atomic E-state index is 14.4. The number of aliphatic hydroxyl groups excluding tert-OH is 1. The molecule has 5 rings (SSSR count). The first kappa shape index (κ1) is 53.0. The first-order chi connectivity index (χ1) is 30.9. The molecule has 368 valence electrons. The maximum absolute atomic E-state index is 14.4. The van der Waals surface area contributed by atoms with Crippen LogP contribution in [-0.2, 0) is 51.3 Å². The van der Waals surface area contributed by atoms with Gasteiger partial charge in [-0.3, -0.25) is 14.4 Å². The lowest BCUT2D eigenvalue weighted by molar-refractivity contribution is -0.287. The molecule has 0 spiro atoms. The summed E-state index contributed by atoms with van der Waals surface area (Å²) in [6.07, 6.45) is 1.73. The number of likely N-dealkylation sites (N-methyl/N-ethyl adjacent to an activating group) is 1. The molecule has 1 amide bonds.